The lowest BCUT2D eigenvalue weighted by Gasteiger charge is -2.13. The topological polar surface area (TPSA) is 50.4 Å². The fourth-order valence-electron chi connectivity index (χ4n) is 2.54. The molecular weight excluding hydrogens is 276 g/mol. The molecule has 3 aromatic rings. The minimum Gasteiger partial charge on any atom is -0.507 e. The predicted octanol–water partition coefficient (Wildman–Crippen LogP) is 4.24. The first kappa shape index (κ1) is 14.1. The summed E-state index contributed by atoms with van der Waals surface area (Å²) in [5.41, 5.74) is 1.95. The molecule has 0 fully saturated rings. The summed E-state index contributed by atoms with van der Waals surface area (Å²) in [4.78, 5) is 12.1. The molecule has 2 aromatic carbocycles. The summed E-state index contributed by atoms with van der Waals surface area (Å²) in [5, 5.41) is 10.6. The summed E-state index contributed by atoms with van der Waals surface area (Å²) in [6.45, 7) is 1.82. The van der Waals surface area contributed by atoms with Crippen LogP contribution >= 0.6 is 0 Å². The van der Waals surface area contributed by atoms with Gasteiger partial charge in [-0.25, -0.2) is 4.79 Å². The molecule has 22 heavy (non-hydrogen) atoms. The molecule has 0 radical (unpaired) electrons. The van der Waals surface area contributed by atoms with Crippen molar-refractivity contribution in [1.29, 1.82) is 0 Å². The van der Waals surface area contributed by atoms with Gasteiger partial charge in [-0.15, -0.1) is 0 Å². The fourth-order valence-corrected chi connectivity index (χ4v) is 2.54. The summed E-state index contributed by atoms with van der Waals surface area (Å²) >= 11 is 0. The molecule has 0 saturated heterocycles. The second-order valence-corrected chi connectivity index (χ2v) is 5.01. The molecule has 0 aliphatic carbocycles. The summed E-state index contributed by atoms with van der Waals surface area (Å²) in [6, 6.07) is 18.8. The van der Waals surface area contributed by atoms with Gasteiger partial charge in [-0.1, -0.05) is 67.6 Å². The highest BCUT2D eigenvalue weighted by atomic mass is 16.4. The molecule has 0 atom stereocenters. The van der Waals surface area contributed by atoms with Gasteiger partial charge in [-0.05, 0) is 12.0 Å². The number of hydrogen-bond acceptors (Lipinski definition) is 3. The van der Waals surface area contributed by atoms with Gasteiger partial charge in [0.15, 0.2) is 0 Å². The van der Waals surface area contributed by atoms with E-state index < -0.39 is 5.63 Å². The van der Waals surface area contributed by atoms with Crippen molar-refractivity contribution in [1.82, 2.24) is 0 Å². The van der Waals surface area contributed by atoms with Crippen LogP contribution < -0.4 is 5.63 Å². The average Bonchev–Trinajstić information content (AvgIpc) is 2.56. The van der Waals surface area contributed by atoms with Crippen molar-refractivity contribution in [2.45, 2.75) is 13.3 Å². The van der Waals surface area contributed by atoms with E-state index in [1.54, 1.807) is 0 Å². The van der Waals surface area contributed by atoms with E-state index in [0.29, 0.717) is 23.3 Å². The predicted molar refractivity (Wildman–Crippen MR) is 86.9 cm³/mol. The molecule has 1 heterocycles. The fraction of sp³-hybridized carbons (Fsp3) is 0.105. The minimum absolute atomic E-state index is 0.00352. The van der Waals surface area contributed by atoms with Crippen LogP contribution in [-0.4, -0.2) is 5.11 Å². The van der Waals surface area contributed by atoms with Crippen LogP contribution in [0.5, 0.6) is 5.75 Å². The lowest BCUT2D eigenvalue weighted by Crippen LogP contribution is -2.08. The summed E-state index contributed by atoms with van der Waals surface area (Å²) < 4.78 is 5.54. The van der Waals surface area contributed by atoms with Gasteiger partial charge in [-0.2, -0.15) is 0 Å². The Labute approximate surface area is 128 Å². The zero-order valence-electron chi connectivity index (χ0n) is 12.2. The molecule has 0 saturated carbocycles. The number of benzene rings is 2. The van der Waals surface area contributed by atoms with Crippen LogP contribution in [0, 0.1) is 0 Å². The van der Waals surface area contributed by atoms with Crippen molar-refractivity contribution in [3.8, 4) is 28.2 Å². The second kappa shape index (κ2) is 5.90. The number of rotatable bonds is 3. The second-order valence-electron chi connectivity index (χ2n) is 5.01. The molecule has 3 rings (SSSR count). The Morgan fingerprint density at radius 3 is 2.00 bits per heavy atom. The third-order valence-corrected chi connectivity index (χ3v) is 3.64. The van der Waals surface area contributed by atoms with E-state index in [0.717, 1.165) is 11.1 Å². The zero-order valence-corrected chi connectivity index (χ0v) is 12.2. The largest absolute Gasteiger partial charge is 0.507 e. The molecule has 3 heteroatoms. The summed E-state index contributed by atoms with van der Waals surface area (Å²) in [7, 11) is 0. The maximum absolute atomic E-state index is 12.1. The minimum atomic E-state index is -0.487. The molecule has 0 unspecified atom stereocenters. The maximum atomic E-state index is 12.1. The number of hydrogen-bond donors (Lipinski definition) is 1. The van der Waals surface area contributed by atoms with Crippen LogP contribution in [0.1, 0.15) is 12.5 Å². The maximum Gasteiger partial charge on any atom is 0.343 e. The monoisotopic (exact) mass is 292 g/mol. The van der Waals surface area contributed by atoms with Crippen LogP contribution in [0.2, 0.25) is 0 Å². The quantitative estimate of drug-likeness (QED) is 0.785. The van der Waals surface area contributed by atoms with Gasteiger partial charge in [-0.3, -0.25) is 0 Å². The van der Waals surface area contributed by atoms with E-state index in [4.69, 9.17) is 4.42 Å². The molecule has 3 nitrogen and oxygen atoms in total. The van der Waals surface area contributed by atoms with Crippen LogP contribution in [0.15, 0.2) is 69.9 Å². The molecular formula is C19H16O3. The van der Waals surface area contributed by atoms with Crippen molar-refractivity contribution < 1.29 is 9.52 Å². The van der Waals surface area contributed by atoms with Crippen molar-refractivity contribution in [2.75, 3.05) is 0 Å². The third-order valence-electron chi connectivity index (χ3n) is 3.64. The van der Waals surface area contributed by atoms with Crippen LogP contribution in [0.25, 0.3) is 22.5 Å². The van der Waals surface area contributed by atoms with Gasteiger partial charge < -0.3 is 9.52 Å². The SMILES string of the molecule is CCc1c(O)c(-c2ccccc2)c(-c2ccccc2)oc1=O. The Bertz CT molecular complexity index is 834. The molecule has 0 amide bonds. The Hall–Kier alpha value is -2.81. The average molecular weight is 292 g/mol. The highest BCUT2D eigenvalue weighted by Gasteiger charge is 2.20. The number of aromatic hydroxyl groups is 1. The van der Waals surface area contributed by atoms with Gasteiger partial charge in [0.2, 0.25) is 0 Å². The van der Waals surface area contributed by atoms with Crippen molar-refractivity contribution in [2.24, 2.45) is 0 Å². The highest BCUT2D eigenvalue weighted by Crippen LogP contribution is 2.39. The molecule has 1 aromatic heterocycles. The van der Waals surface area contributed by atoms with Gasteiger partial charge in [0.1, 0.15) is 11.5 Å². The first-order chi connectivity index (χ1) is 10.7. The van der Waals surface area contributed by atoms with E-state index >= 15 is 0 Å². The molecule has 110 valence electrons. The Balaban J connectivity index is 2.37. The molecule has 1 N–H and O–H groups in total. The zero-order chi connectivity index (χ0) is 15.5. The van der Waals surface area contributed by atoms with E-state index in [1.165, 1.54) is 0 Å². The van der Waals surface area contributed by atoms with Gasteiger partial charge in [0.25, 0.3) is 0 Å². The third kappa shape index (κ3) is 2.42. The van der Waals surface area contributed by atoms with Crippen molar-refractivity contribution >= 4 is 0 Å². The van der Waals surface area contributed by atoms with Crippen molar-refractivity contribution in [3.63, 3.8) is 0 Å². The van der Waals surface area contributed by atoms with Crippen LogP contribution in [-0.2, 0) is 6.42 Å². The lowest BCUT2D eigenvalue weighted by atomic mass is 9.97. The Morgan fingerprint density at radius 2 is 1.45 bits per heavy atom. The molecule has 0 bridgehead atoms. The summed E-state index contributed by atoms with van der Waals surface area (Å²) in [6.07, 6.45) is 0.420. The smallest absolute Gasteiger partial charge is 0.343 e. The van der Waals surface area contributed by atoms with E-state index in [2.05, 4.69) is 0 Å². The molecule has 0 aliphatic heterocycles. The highest BCUT2D eigenvalue weighted by molar-refractivity contribution is 5.84. The van der Waals surface area contributed by atoms with Crippen molar-refractivity contribution in [3.05, 3.63) is 76.6 Å². The standard InChI is InChI=1S/C19H16O3/c1-2-15-17(20)16(13-9-5-3-6-10-13)18(22-19(15)21)14-11-7-4-8-12-14/h3-12,20H,2H2,1H3. The lowest BCUT2D eigenvalue weighted by molar-refractivity contribution is 0.445. The molecule has 0 spiro atoms. The Morgan fingerprint density at radius 1 is 0.909 bits per heavy atom. The summed E-state index contributed by atoms with van der Waals surface area (Å²) in [5.74, 6) is 0.398. The van der Waals surface area contributed by atoms with Crippen LogP contribution in [0.3, 0.4) is 0 Å². The van der Waals surface area contributed by atoms with E-state index in [-0.39, 0.29) is 5.75 Å². The van der Waals surface area contributed by atoms with E-state index in [9.17, 15) is 9.90 Å². The van der Waals surface area contributed by atoms with E-state index in [1.807, 2.05) is 67.6 Å². The van der Waals surface area contributed by atoms with Gasteiger partial charge >= 0.3 is 5.63 Å². The van der Waals surface area contributed by atoms with Gasteiger partial charge in [0.05, 0.1) is 11.1 Å². The normalized spacial score (nSPS) is 10.6. The Kier molecular flexibility index (Phi) is 3.79. The van der Waals surface area contributed by atoms with Gasteiger partial charge in [0, 0.05) is 5.56 Å². The van der Waals surface area contributed by atoms with Crippen LogP contribution in [0.4, 0.5) is 0 Å². The first-order valence-electron chi connectivity index (χ1n) is 7.22. The molecule has 0 aliphatic rings. The first-order valence-corrected chi connectivity index (χ1v) is 7.22.